The van der Waals surface area contributed by atoms with E-state index in [9.17, 15) is 13.2 Å². The van der Waals surface area contributed by atoms with Crippen LogP contribution in [-0.2, 0) is 0 Å². The van der Waals surface area contributed by atoms with Gasteiger partial charge in [0.15, 0.2) is 0 Å². The van der Waals surface area contributed by atoms with Crippen molar-refractivity contribution in [2.45, 2.75) is 51.7 Å². The number of hydrazine groups is 1. The third-order valence-corrected chi connectivity index (χ3v) is 2.05. The molecule has 0 rings (SSSR count). The van der Waals surface area contributed by atoms with Crippen molar-refractivity contribution in [3.05, 3.63) is 0 Å². The Morgan fingerprint density at radius 2 is 1.79 bits per heavy atom. The first kappa shape index (κ1) is 13.7. The summed E-state index contributed by atoms with van der Waals surface area (Å²) in [5.74, 6) is 5.57. The molecule has 0 bridgehead atoms. The first-order chi connectivity index (χ1) is 6.35. The molecule has 3 N–H and O–H groups in total. The Hall–Kier alpha value is -0.290. The fraction of sp³-hybridized carbons (Fsp3) is 1.00. The number of nitrogens with two attached hydrogens (primary N) is 1. The summed E-state index contributed by atoms with van der Waals surface area (Å²) in [7, 11) is 0. The number of hydrogen-bond donors (Lipinski definition) is 2. The normalized spacial score (nSPS) is 14.8. The van der Waals surface area contributed by atoms with Crippen LogP contribution in [0.25, 0.3) is 0 Å². The number of alkyl halides is 3. The van der Waals surface area contributed by atoms with E-state index in [1.807, 2.05) is 0 Å². The van der Waals surface area contributed by atoms with Crippen LogP contribution in [0.1, 0.15) is 39.5 Å². The van der Waals surface area contributed by atoms with Gasteiger partial charge in [0.25, 0.3) is 0 Å². The van der Waals surface area contributed by atoms with Crippen molar-refractivity contribution in [2.24, 2.45) is 11.8 Å². The lowest BCUT2D eigenvalue weighted by molar-refractivity contribution is -0.140. The van der Waals surface area contributed by atoms with Crippen LogP contribution >= 0.6 is 0 Å². The standard InChI is InChI=1S/C9H19F3N2/c1-7(2)4-3-5-8(14-13)6-9(10,11)12/h7-8,14H,3-6,13H2,1-2H3. The van der Waals surface area contributed by atoms with Crippen LogP contribution in [0.4, 0.5) is 13.2 Å². The molecule has 0 fully saturated rings. The molecular formula is C9H19F3N2. The zero-order valence-electron chi connectivity index (χ0n) is 8.69. The molecular weight excluding hydrogens is 193 g/mol. The van der Waals surface area contributed by atoms with Gasteiger partial charge in [-0.15, -0.1) is 0 Å². The van der Waals surface area contributed by atoms with Gasteiger partial charge in [-0.3, -0.25) is 11.3 Å². The van der Waals surface area contributed by atoms with Crippen molar-refractivity contribution >= 4 is 0 Å². The van der Waals surface area contributed by atoms with Crippen molar-refractivity contribution in [3.8, 4) is 0 Å². The summed E-state index contributed by atoms with van der Waals surface area (Å²) in [5.41, 5.74) is 2.21. The molecule has 0 aromatic rings. The fourth-order valence-electron chi connectivity index (χ4n) is 1.30. The summed E-state index contributed by atoms with van der Waals surface area (Å²) < 4.78 is 35.9. The SMILES string of the molecule is CC(C)CCCC(CC(F)(F)F)NN. The average Bonchev–Trinajstić information content (AvgIpc) is 1.99. The second-order valence-electron chi connectivity index (χ2n) is 4.01. The van der Waals surface area contributed by atoms with Crippen LogP contribution in [0.3, 0.4) is 0 Å². The Balaban J connectivity index is 3.69. The maximum absolute atomic E-state index is 12.0. The monoisotopic (exact) mass is 212 g/mol. The molecule has 0 aliphatic heterocycles. The Kier molecular flexibility index (Phi) is 6.11. The van der Waals surface area contributed by atoms with E-state index in [0.29, 0.717) is 12.3 Å². The molecule has 0 radical (unpaired) electrons. The molecule has 0 saturated carbocycles. The second-order valence-corrected chi connectivity index (χ2v) is 4.01. The molecule has 86 valence electrons. The zero-order valence-corrected chi connectivity index (χ0v) is 8.69. The first-order valence-corrected chi connectivity index (χ1v) is 4.88. The van der Waals surface area contributed by atoms with E-state index >= 15 is 0 Å². The maximum atomic E-state index is 12.0. The average molecular weight is 212 g/mol. The van der Waals surface area contributed by atoms with Gasteiger partial charge in [-0.2, -0.15) is 13.2 Å². The highest BCUT2D eigenvalue weighted by Crippen LogP contribution is 2.23. The van der Waals surface area contributed by atoms with Gasteiger partial charge in [0, 0.05) is 6.04 Å². The van der Waals surface area contributed by atoms with Crippen LogP contribution < -0.4 is 11.3 Å². The molecule has 2 nitrogen and oxygen atoms in total. The molecule has 0 aliphatic carbocycles. The Morgan fingerprint density at radius 1 is 1.21 bits per heavy atom. The number of rotatable bonds is 6. The minimum atomic E-state index is -4.13. The summed E-state index contributed by atoms with van der Waals surface area (Å²) in [6.45, 7) is 4.10. The minimum absolute atomic E-state index is 0.480. The molecule has 0 saturated heterocycles. The highest BCUT2D eigenvalue weighted by molar-refractivity contribution is 4.68. The van der Waals surface area contributed by atoms with E-state index in [1.54, 1.807) is 0 Å². The Bertz CT molecular complexity index is 145. The summed E-state index contributed by atoms with van der Waals surface area (Å²) in [4.78, 5) is 0. The molecule has 0 spiro atoms. The van der Waals surface area contributed by atoms with Gasteiger partial charge in [-0.1, -0.05) is 26.7 Å². The van der Waals surface area contributed by atoms with E-state index < -0.39 is 18.6 Å². The predicted octanol–water partition coefficient (Wildman–Crippen LogP) is 2.60. The van der Waals surface area contributed by atoms with Crippen LogP contribution in [0.2, 0.25) is 0 Å². The van der Waals surface area contributed by atoms with Gasteiger partial charge in [0.2, 0.25) is 0 Å². The van der Waals surface area contributed by atoms with Crippen LogP contribution in [0, 0.1) is 5.92 Å². The second kappa shape index (κ2) is 6.24. The topological polar surface area (TPSA) is 38.0 Å². The first-order valence-electron chi connectivity index (χ1n) is 4.88. The van der Waals surface area contributed by atoms with E-state index in [1.165, 1.54) is 0 Å². The Morgan fingerprint density at radius 3 is 2.14 bits per heavy atom. The zero-order chi connectivity index (χ0) is 11.2. The molecule has 0 amide bonds. The van der Waals surface area contributed by atoms with E-state index in [-0.39, 0.29) is 0 Å². The molecule has 1 atom stereocenters. The van der Waals surface area contributed by atoms with Crippen LogP contribution in [-0.4, -0.2) is 12.2 Å². The highest BCUT2D eigenvalue weighted by atomic mass is 19.4. The quantitative estimate of drug-likeness (QED) is 0.524. The van der Waals surface area contributed by atoms with Crippen LogP contribution in [0.15, 0.2) is 0 Å². The molecule has 0 aromatic carbocycles. The molecule has 0 aromatic heterocycles. The van der Waals surface area contributed by atoms with Crippen molar-refractivity contribution in [2.75, 3.05) is 0 Å². The van der Waals surface area contributed by atoms with Gasteiger partial charge in [0.05, 0.1) is 6.42 Å². The molecule has 5 heteroatoms. The summed E-state index contributed by atoms with van der Waals surface area (Å²) in [6.07, 6.45) is -2.77. The summed E-state index contributed by atoms with van der Waals surface area (Å²) in [5, 5.41) is 0. The molecule has 14 heavy (non-hydrogen) atoms. The number of halogens is 3. The molecule has 1 unspecified atom stereocenters. The third kappa shape index (κ3) is 8.31. The smallest absolute Gasteiger partial charge is 0.271 e. The highest BCUT2D eigenvalue weighted by Gasteiger charge is 2.31. The number of nitrogens with one attached hydrogen (secondary N) is 1. The number of hydrogen-bond acceptors (Lipinski definition) is 2. The lowest BCUT2D eigenvalue weighted by atomic mass is 10.0. The lowest BCUT2D eigenvalue weighted by Crippen LogP contribution is -2.38. The molecule has 0 heterocycles. The van der Waals surface area contributed by atoms with Gasteiger partial charge in [0.1, 0.15) is 0 Å². The predicted molar refractivity (Wildman–Crippen MR) is 50.5 cm³/mol. The minimum Gasteiger partial charge on any atom is -0.271 e. The van der Waals surface area contributed by atoms with Crippen LogP contribution in [0.5, 0.6) is 0 Å². The van der Waals surface area contributed by atoms with E-state index in [0.717, 1.165) is 12.8 Å². The summed E-state index contributed by atoms with van der Waals surface area (Å²) in [6, 6.07) is -0.645. The van der Waals surface area contributed by atoms with Gasteiger partial charge in [-0.05, 0) is 12.3 Å². The van der Waals surface area contributed by atoms with E-state index in [4.69, 9.17) is 5.84 Å². The van der Waals surface area contributed by atoms with Gasteiger partial charge < -0.3 is 0 Å². The van der Waals surface area contributed by atoms with Gasteiger partial charge in [-0.25, -0.2) is 0 Å². The Labute approximate surface area is 83.0 Å². The largest absolute Gasteiger partial charge is 0.390 e. The van der Waals surface area contributed by atoms with Crippen molar-refractivity contribution in [1.29, 1.82) is 0 Å². The van der Waals surface area contributed by atoms with Gasteiger partial charge >= 0.3 is 6.18 Å². The third-order valence-electron chi connectivity index (χ3n) is 2.05. The molecule has 0 aliphatic rings. The fourth-order valence-corrected chi connectivity index (χ4v) is 1.30. The van der Waals surface area contributed by atoms with Crippen molar-refractivity contribution in [1.82, 2.24) is 5.43 Å². The summed E-state index contributed by atoms with van der Waals surface area (Å²) >= 11 is 0. The van der Waals surface area contributed by atoms with Crippen molar-refractivity contribution < 1.29 is 13.2 Å². The maximum Gasteiger partial charge on any atom is 0.390 e. The van der Waals surface area contributed by atoms with E-state index in [2.05, 4.69) is 19.3 Å². The van der Waals surface area contributed by atoms with Crippen molar-refractivity contribution in [3.63, 3.8) is 0 Å². The lowest BCUT2D eigenvalue weighted by Gasteiger charge is -2.17.